The summed E-state index contributed by atoms with van der Waals surface area (Å²) in [6, 6.07) is 70.9. The average Bonchev–Trinajstić information content (AvgIpc) is 1.64. The summed E-state index contributed by atoms with van der Waals surface area (Å²) in [6.07, 6.45) is 13.8. The zero-order valence-corrected chi connectivity index (χ0v) is 49.8. The molecule has 0 saturated heterocycles. The first kappa shape index (κ1) is 51.7. The van der Waals surface area contributed by atoms with Crippen molar-refractivity contribution < 1.29 is 0 Å². The summed E-state index contributed by atoms with van der Waals surface area (Å²) in [5.41, 5.74) is 20.4. The summed E-state index contributed by atoms with van der Waals surface area (Å²) in [5, 5.41) is 37.1. The quantitative estimate of drug-likeness (QED) is 0.154. The first-order chi connectivity index (χ1) is 41.2. The van der Waals surface area contributed by atoms with E-state index in [0.29, 0.717) is 16.7 Å². The Labute approximate surface area is 500 Å². The van der Waals surface area contributed by atoms with Crippen molar-refractivity contribution in [2.24, 2.45) is 0 Å². The largest absolute Gasteiger partial charge is 0.334 e. The Hall–Kier alpha value is -8.89. The van der Waals surface area contributed by atoms with Crippen molar-refractivity contribution in [1.29, 1.82) is 15.8 Å². The van der Waals surface area contributed by atoms with Crippen molar-refractivity contribution in [2.75, 3.05) is 14.7 Å². The van der Waals surface area contributed by atoms with Crippen LogP contribution in [0.1, 0.15) is 152 Å². The molecular weight excluding hydrogens is 1030 g/mol. The predicted octanol–water partition coefficient (Wildman–Crippen LogP) is 20.4. The Morgan fingerprint density at radius 1 is 0.318 bits per heavy atom. The van der Waals surface area contributed by atoms with Gasteiger partial charge in [-0.05, 0) is 257 Å². The van der Waals surface area contributed by atoms with Gasteiger partial charge in [-0.2, -0.15) is 15.8 Å². The maximum absolute atomic E-state index is 9.82. The molecule has 10 aromatic carbocycles. The van der Waals surface area contributed by atoms with Crippen LogP contribution < -0.4 is 14.7 Å². The zero-order valence-electron chi connectivity index (χ0n) is 49.8. The molecule has 3 aliphatic carbocycles. The monoisotopic (exact) mass is 1100 g/mol. The molecule has 0 bridgehead atoms. The van der Waals surface area contributed by atoms with Crippen molar-refractivity contribution in [3.05, 3.63) is 203 Å². The molecule has 6 heteroatoms. The van der Waals surface area contributed by atoms with E-state index in [9.17, 15) is 15.8 Å². The molecule has 6 aliphatic rings. The van der Waals surface area contributed by atoms with E-state index in [4.69, 9.17) is 0 Å². The normalized spacial score (nSPS) is 26.3. The minimum atomic E-state index is -0.142. The van der Waals surface area contributed by atoms with Crippen LogP contribution in [0.5, 0.6) is 0 Å². The number of hydrogen-bond acceptors (Lipinski definition) is 6. The fraction of sp³-hybridized carbons (Fsp3) is 0.304. The Morgan fingerprint density at radius 2 is 0.635 bits per heavy atom. The lowest BCUT2D eigenvalue weighted by Gasteiger charge is -2.50. The van der Waals surface area contributed by atoms with Crippen LogP contribution in [0.2, 0.25) is 0 Å². The minimum Gasteiger partial charge on any atom is -0.334 e. The van der Waals surface area contributed by atoms with Crippen molar-refractivity contribution in [2.45, 2.75) is 151 Å². The Kier molecular flexibility index (Phi) is 11.0. The predicted molar refractivity (Wildman–Crippen MR) is 349 cm³/mol. The number of rotatable bonds is 6. The molecule has 0 radical (unpaired) electrons. The minimum absolute atomic E-state index is 0.0693. The SMILES string of the molecule is CC12CCCCC1(C)N(c1ccc(C#N)cc1)c1ccc(-c3ccc4ccc5c(-c6ccc7c(c6)C6(C)CCCCC6(C)N7c6ccc(C#N)cc6)cc(-c6ccc7c(c6)C6(C)CCCCC6(C)N7c6ccc(C#N)cc6)c6ccc3c4c56)cc12. The molecule has 6 unspecified atom stereocenters. The molecule has 3 aliphatic heterocycles. The number of hydrogen-bond donors (Lipinski definition) is 0. The van der Waals surface area contributed by atoms with Gasteiger partial charge in [0.1, 0.15) is 0 Å². The Morgan fingerprint density at radius 3 is 1.00 bits per heavy atom. The van der Waals surface area contributed by atoms with E-state index in [0.717, 1.165) is 55.6 Å². The highest BCUT2D eigenvalue weighted by molar-refractivity contribution is 6.30. The van der Waals surface area contributed by atoms with Crippen LogP contribution in [-0.4, -0.2) is 16.6 Å². The van der Waals surface area contributed by atoms with Crippen molar-refractivity contribution in [3.8, 4) is 51.6 Å². The lowest BCUT2D eigenvalue weighted by molar-refractivity contribution is 0.195. The van der Waals surface area contributed by atoms with Crippen LogP contribution in [0.4, 0.5) is 34.1 Å². The highest BCUT2D eigenvalue weighted by Crippen LogP contribution is 2.65. The van der Waals surface area contributed by atoms with E-state index in [2.05, 4.69) is 208 Å². The topological polar surface area (TPSA) is 81.1 Å². The number of anilines is 6. The molecule has 0 aromatic heterocycles. The van der Waals surface area contributed by atoms with Crippen LogP contribution in [0.3, 0.4) is 0 Å². The molecule has 3 fully saturated rings. The van der Waals surface area contributed by atoms with E-state index in [1.54, 1.807) is 0 Å². The van der Waals surface area contributed by atoms with Gasteiger partial charge in [-0.15, -0.1) is 0 Å². The lowest BCUT2D eigenvalue weighted by atomic mass is 9.61. The van der Waals surface area contributed by atoms with Gasteiger partial charge in [0.25, 0.3) is 0 Å². The third-order valence-corrected chi connectivity index (χ3v) is 23.8. The van der Waals surface area contributed by atoms with Crippen LogP contribution in [0, 0.1) is 34.0 Å². The van der Waals surface area contributed by atoms with Crippen LogP contribution in [0.25, 0.3) is 65.7 Å². The number of fused-ring (bicyclic) bond motifs is 9. The molecule has 0 spiro atoms. The van der Waals surface area contributed by atoms with Crippen LogP contribution >= 0.6 is 0 Å². The molecule has 3 saturated carbocycles. The molecule has 10 aromatic rings. The van der Waals surface area contributed by atoms with E-state index >= 15 is 0 Å². The fourth-order valence-corrected chi connectivity index (χ4v) is 18.6. The van der Waals surface area contributed by atoms with Gasteiger partial charge in [-0.1, -0.05) is 114 Å². The fourth-order valence-electron chi connectivity index (χ4n) is 18.6. The molecule has 6 nitrogen and oxygen atoms in total. The van der Waals surface area contributed by atoms with Gasteiger partial charge in [0.05, 0.1) is 51.5 Å². The highest BCUT2D eigenvalue weighted by Gasteiger charge is 2.60. The number of nitriles is 3. The Balaban J connectivity index is 0.920. The van der Waals surface area contributed by atoms with Gasteiger partial charge >= 0.3 is 0 Å². The summed E-state index contributed by atoms with van der Waals surface area (Å²) in [7, 11) is 0. The maximum atomic E-state index is 9.82. The van der Waals surface area contributed by atoms with Gasteiger partial charge in [0.15, 0.2) is 0 Å². The van der Waals surface area contributed by atoms with Gasteiger partial charge in [0, 0.05) is 50.4 Å². The van der Waals surface area contributed by atoms with Crippen molar-refractivity contribution in [1.82, 2.24) is 0 Å². The molecule has 16 rings (SSSR count). The molecule has 0 N–H and O–H groups in total. The summed E-state index contributed by atoms with van der Waals surface area (Å²) in [4.78, 5) is 7.85. The smallest absolute Gasteiger partial charge is 0.0991 e. The van der Waals surface area contributed by atoms with E-state index in [-0.39, 0.29) is 32.9 Å². The lowest BCUT2D eigenvalue weighted by Crippen LogP contribution is -2.54. The van der Waals surface area contributed by atoms with Gasteiger partial charge in [-0.3, -0.25) is 0 Å². The van der Waals surface area contributed by atoms with Crippen molar-refractivity contribution in [3.63, 3.8) is 0 Å². The molecule has 6 atom stereocenters. The maximum Gasteiger partial charge on any atom is 0.0991 e. The number of benzene rings is 10. The van der Waals surface area contributed by atoms with Crippen molar-refractivity contribution >= 4 is 66.4 Å². The van der Waals surface area contributed by atoms with E-state index < -0.39 is 0 Å². The summed E-state index contributed by atoms with van der Waals surface area (Å²) in [5.74, 6) is 0. The van der Waals surface area contributed by atoms with Crippen LogP contribution in [-0.2, 0) is 16.2 Å². The van der Waals surface area contributed by atoms with Gasteiger partial charge in [-0.25, -0.2) is 0 Å². The molecule has 85 heavy (non-hydrogen) atoms. The molecular formula is C79H70N6. The van der Waals surface area contributed by atoms with Gasteiger partial charge in [0.2, 0.25) is 0 Å². The van der Waals surface area contributed by atoms with Crippen LogP contribution in [0.15, 0.2) is 170 Å². The van der Waals surface area contributed by atoms with E-state index in [1.807, 2.05) is 36.4 Å². The number of nitrogens with zero attached hydrogens (tertiary/aromatic N) is 6. The first-order valence-electron chi connectivity index (χ1n) is 31.3. The zero-order chi connectivity index (χ0) is 58.0. The summed E-state index contributed by atoms with van der Waals surface area (Å²) in [6.45, 7) is 15.0. The Bertz CT molecular complexity index is 4430. The standard InChI is InChI=1S/C79H70N6/c1-74-37-7-10-40-77(74,4)83(57-24-13-50(47-80)14-25-57)69-34-21-54(43-66(69)74)60-30-19-53-20-31-62-64(55-22-35-70-67(44-55)75(2)38-8-11-41-78(75,5)84(70)58-26-15-51(48-81)16-27-58)46-65(63-33-32-61(60)72(53)73(62)63)56-23-36-71-68(45-56)76(3)39-9-12-42-79(76,6)85(71)59-28-17-52(49-82)18-29-59/h13-36,43-46H,7-12,37-42H2,1-6H3. The highest BCUT2D eigenvalue weighted by atomic mass is 15.3. The average molecular weight is 1100 g/mol. The van der Waals surface area contributed by atoms with E-state index in [1.165, 1.54) is 138 Å². The summed E-state index contributed by atoms with van der Waals surface area (Å²) >= 11 is 0. The second-order valence-corrected chi connectivity index (χ2v) is 27.4. The van der Waals surface area contributed by atoms with Gasteiger partial charge < -0.3 is 14.7 Å². The third-order valence-electron chi connectivity index (χ3n) is 23.8. The third kappa shape index (κ3) is 6.79. The molecule has 3 heterocycles. The second-order valence-electron chi connectivity index (χ2n) is 27.4. The second kappa shape index (κ2) is 18.1. The molecule has 416 valence electrons. The summed E-state index contributed by atoms with van der Waals surface area (Å²) < 4.78 is 0. The first-order valence-corrected chi connectivity index (χ1v) is 31.3. The molecule has 0 amide bonds.